The van der Waals surface area contributed by atoms with Crippen LogP contribution in [0.25, 0.3) is 0 Å². The van der Waals surface area contributed by atoms with E-state index < -0.39 is 0 Å². The molecule has 3 N–H and O–H groups in total. The number of ether oxygens (including phenoxy) is 1. The van der Waals surface area contributed by atoms with Crippen LogP contribution in [0.15, 0.2) is 24.3 Å². The van der Waals surface area contributed by atoms with Crippen molar-refractivity contribution in [2.45, 2.75) is 31.7 Å². The van der Waals surface area contributed by atoms with Crippen LogP contribution in [-0.2, 0) is 0 Å². The monoisotopic (exact) mass is 291 g/mol. The van der Waals surface area contributed by atoms with E-state index in [0.717, 1.165) is 19.3 Å². The Morgan fingerprint density at radius 1 is 1.38 bits per heavy atom. The van der Waals surface area contributed by atoms with E-state index in [9.17, 15) is 4.79 Å². The predicted molar refractivity (Wildman–Crippen MR) is 84.6 cm³/mol. The minimum absolute atomic E-state index is 0.107. The van der Waals surface area contributed by atoms with Gasteiger partial charge in [0.05, 0.1) is 12.8 Å². The van der Waals surface area contributed by atoms with Gasteiger partial charge in [0.1, 0.15) is 5.75 Å². The van der Waals surface area contributed by atoms with Gasteiger partial charge in [-0.3, -0.25) is 0 Å². The van der Waals surface area contributed by atoms with Gasteiger partial charge in [-0.05, 0) is 37.4 Å². The normalized spacial score (nSPS) is 21.7. The van der Waals surface area contributed by atoms with Gasteiger partial charge in [-0.15, -0.1) is 0 Å². The lowest BCUT2D eigenvalue weighted by Crippen LogP contribution is -2.47. The second-order valence-electron chi connectivity index (χ2n) is 5.59. The number of carbonyl (C=O) groups is 1. The van der Waals surface area contributed by atoms with Gasteiger partial charge in [0.2, 0.25) is 0 Å². The molecular weight excluding hydrogens is 266 g/mol. The van der Waals surface area contributed by atoms with Crippen LogP contribution in [0.5, 0.6) is 5.75 Å². The lowest BCUT2D eigenvalue weighted by Gasteiger charge is -2.37. The molecule has 2 atom stereocenters. The predicted octanol–water partition coefficient (Wildman–Crippen LogP) is 2.68. The van der Waals surface area contributed by atoms with Crippen molar-refractivity contribution in [3.8, 4) is 5.75 Å². The molecule has 0 heterocycles. The van der Waals surface area contributed by atoms with Gasteiger partial charge < -0.3 is 20.7 Å². The number of nitrogens with two attached hydrogens (primary N) is 1. The molecule has 0 aromatic heterocycles. The highest BCUT2D eigenvalue weighted by molar-refractivity contribution is 5.91. The number of urea groups is 1. The summed E-state index contributed by atoms with van der Waals surface area (Å²) in [5, 5.41) is 2.92. The summed E-state index contributed by atoms with van der Waals surface area (Å²) in [6.07, 6.45) is 4.50. The van der Waals surface area contributed by atoms with Crippen molar-refractivity contribution in [1.82, 2.24) is 4.90 Å². The Morgan fingerprint density at radius 3 is 2.81 bits per heavy atom. The van der Waals surface area contributed by atoms with Crippen LogP contribution in [0, 0.1) is 5.92 Å². The summed E-state index contributed by atoms with van der Waals surface area (Å²) in [5.74, 6) is 1.06. The Hall–Kier alpha value is -1.75. The molecule has 0 aliphatic heterocycles. The average molecular weight is 291 g/mol. The maximum atomic E-state index is 12.5. The summed E-state index contributed by atoms with van der Waals surface area (Å²) in [6, 6.07) is 7.54. The number of nitrogens with one attached hydrogen (secondary N) is 1. The summed E-state index contributed by atoms with van der Waals surface area (Å²) in [7, 11) is 3.45. The molecule has 1 aliphatic carbocycles. The highest BCUT2D eigenvalue weighted by atomic mass is 16.5. The highest BCUT2D eigenvalue weighted by Gasteiger charge is 2.30. The van der Waals surface area contributed by atoms with Crippen LogP contribution in [0.4, 0.5) is 10.5 Å². The van der Waals surface area contributed by atoms with Gasteiger partial charge in [0.25, 0.3) is 0 Å². The Kier molecular flexibility index (Phi) is 5.44. The second-order valence-corrected chi connectivity index (χ2v) is 5.59. The molecule has 2 unspecified atom stereocenters. The smallest absolute Gasteiger partial charge is 0.321 e. The molecule has 0 radical (unpaired) electrons. The fourth-order valence-electron chi connectivity index (χ4n) is 3.07. The van der Waals surface area contributed by atoms with Crippen LogP contribution in [-0.4, -0.2) is 37.7 Å². The van der Waals surface area contributed by atoms with Crippen LogP contribution in [0.2, 0.25) is 0 Å². The number of hydrogen-bond acceptors (Lipinski definition) is 3. The van der Waals surface area contributed by atoms with Gasteiger partial charge in [0.15, 0.2) is 0 Å². The Balaban J connectivity index is 2.05. The van der Waals surface area contributed by atoms with E-state index in [2.05, 4.69) is 5.32 Å². The van der Waals surface area contributed by atoms with E-state index in [1.807, 2.05) is 31.3 Å². The van der Waals surface area contributed by atoms with E-state index in [-0.39, 0.29) is 12.1 Å². The zero-order chi connectivity index (χ0) is 15.2. The molecular formula is C16H25N3O2. The van der Waals surface area contributed by atoms with Gasteiger partial charge >= 0.3 is 6.03 Å². The van der Waals surface area contributed by atoms with Crippen molar-refractivity contribution < 1.29 is 9.53 Å². The molecule has 5 heteroatoms. The van der Waals surface area contributed by atoms with Gasteiger partial charge in [-0.25, -0.2) is 4.79 Å². The third-order valence-electron chi connectivity index (χ3n) is 4.34. The number of benzene rings is 1. The topological polar surface area (TPSA) is 67.6 Å². The first-order chi connectivity index (χ1) is 10.2. The molecule has 0 spiro atoms. The lowest BCUT2D eigenvalue weighted by atomic mass is 9.84. The van der Waals surface area contributed by atoms with E-state index in [1.54, 1.807) is 12.0 Å². The molecule has 116 valence electrons. The van der Waals surface area contributed by atoms with Gasteiger partial charge in [0, 0.05) is 13.1 Å². The highest BCUT2D eigenvalue weighted by Crippen LogP contribution is 2.28. The van der Waals surface area contributed by atoms with Crippen molar-refractivity contribution in [2.75, 3.05) is 26.0 Å². The Morgan fingerprint density at radius 2 is 2.10 bits per heavy atom. The zero-order valence-corrected chi connectivity index (χ0v) is 12.8. The number of methoxy groups -OCH3 is 1. The maximum absolute atomic E-state index is 12.5. The molecule has 2 rings (SSSR count). The molecule has 2 amide bonds. The fourth-order valence-corrected chi connectivity index (χ4v) is 3.07. The SMILES string of the molecule is COc1ccccc1NC(=O)N(C)C1CCCCC1CN. The van der Waals surface area contributed by atoms with Gasteiger partial charge in [-0.2, -0.15) is 0 Å². The van der Waals surface area contributed by atoms with Crippen LogP contribution in [0.1, 0.15) is 25.7 Å². The molecule has 5 nitrogen and oxygen atoms in total. The summed E-state index contributed by atoms with van der Waals surface area (Å²) in [6.45, 7) is 0.636. The molecule has 0 bridgehead atoms. The number of hydrogen-bond donors (Lipinski definition) is 2. The minimum Gasteiger partial charge on any atom is -0.495 e. The molecule has 1 aromatic carbocycles. The minimum atomic E-state index is -0.107. The van der Waals surface area contributed by atoms with E-state index in [0.29, 0.717) is 23.9 Å². The summed E-state index contributed by atoms with van der Waals surface area (Å²) in [5.41, 5.74) is 6.54. The van der Waals surface area contributed by atoms with Crippen LogP contribution >= 0.6 is 0 Å². The second kappa shape index (κ2) is 7.31. The van der Waals surface area contributed by atoms with Crippen molar-refractivity contribution in [2.24, 2.45) is 11.7 Å². The quantitative estimate of drug-likeness (QED) is 0.896. The number of nitrogens with zero attached hydrogens (tertiary/aromatic N) is 1. The number of carbonyl (C=O) groups excluding carboxylic acids is 1. The first-order valence-electron chi connectivity index (χ1n) is 7.54. The van der Waals surface area contributed by atoms with Gasteiger partial charge in [-0.1, -0.05) is 25.0 Å². The molecule has 1 fully saturated rings. The van der Waals surface area contributed by atoms with E-state index in [1.165, 1.54) is 6.42 Å². The maximum Gasteiger partial charge on any atom is 0.321 e. The zero-order valence-electron chi connectivity index (χ0n) is 12.8. The number of rotatable bonds is 4. The molecule has 1 aromatic rings. The first-order valence-corrected chi connectivity index (χ1v) is 7.54. The first kappa shape index (κ1) is 15.6. The van der Waals surface area contributed by atoms with Crippen molar-refractivity contribution >= 4 is 11.7 Å². The third kappa shape index (κ3) is 3.67. The van der Waals surface area contributed by atoms with Crippen molar-refractivity contribution in [3.63, 3.8) is 0 Å². The number of amides is 2. The Bertz CT molecular complexity index is 478. The van der Waals surface area contributed by atoms with E-state index >= 15 is 0 Å². The van der Waals surface area contributed by atoms with E-state index in [4.69, 9.17) is 10.5 Å². The number of anilines is 1. The van der Waals surface area contributed by atoms with Crippen LogP contribution < -0.4 is 15.8 Å². The van der Waals surface area contributed by atoms with Crippen molar-refractivity contribution in [1.29, 1.82) is 0 Å². The molecule has 1 saturated carbocycles. The lowest BCUT2D eigenvalue weighted by molar-refractivity contribution is 0.150. The molecule has 0 saturated heterocycles. The fraction of sp³-hybridized carbons (Fsp3) is 0.562. The third-order valence-corrected chi connectivity index (χ3v) is 4.34. The number of para-hydroxylation sites is 2. The summed E-state index contributed by atoms with van der Waals surface area (Å²) < 4.78 is 5.26. The average Bonchev–Trinajstić information content (AvgIpc) is 2.54. The summed E-state index contributed by atoms with van der Waals surface area (Å²) in [4.78, 5) is 14.3. The Labute approximate surface area is 126 Å². The van der Waals surface area contributed by atoms with Crippen LogP contribution in [0.3, 0.4) is 0 Å². The molecule has 1 aliphatic rings. The summed E-state index contributed by atoms with van der Waals surface area (Å²) >= 11 is 0. The largest absolute Gasteiger partial charge is 0.495 e. The van der Waals surface area contributed by atoms with Crippen molar-refractivity contribution in [3.05, 3.63) is 24.3 Å². The standard InChI is InChI=1S/C16H25N3O2/c1-19(14-9-5-3-7-12(14)11-17)16(20)18-13-8-4-6-10-15(13)21-2/h4,6,8,10,12,14H,3,5,7,9,11,17H2,1-2H3,(H,18,20). The molecule has 21 heavy (non-hydrogen) atoms.